The van der Waals surface area contributed by atoms with Crippen molar-refractivity contribution in [1.82, 2.24) is 0 Å². The summed E-state index contributed by atoms with van der Waals surface area (Å²) >= 11 is 0. The first kappa shape index (κ1) is 69.4. The topological polar surface area (TPSA) is 129 Å². The molecule has 70 heavy (non-hydrogen) atoms. The van der Waals surface area contributed by atoms with Crippen molar-refractivity contribution in [1.29, 1.82) is 0 Å². The predicted molar refractivity (Wildman–Crippen MR) is 282 cm³/mol. The summed E-state index contributed by atoms with van der Waals surface area (Å²) < 4.78 is 86.3. The number of ether oxygens (including phenoxy) is 14. The van der Waals surface area contributed by atoms with Crippen molar-refractivity contribution < 1.29 is 66.3 Å². The van der Waals surface area contributed by atoms with E-state index >= 15 is 0 Å². The Morgan fingerprint density at radius 1 is 0.186 bits per heavy atom. The van der Waals surface area contributed by atoms with Gasteiger partial charge in [-0.1, -0.05) is 83.1 Å². The molecular weight excluding hydrogens is 897 g/mol. The van der Waals surface area contributed by atoms with Crippen LogP contribution in [0.3, 0.4) is 0 Å². The van der Waals surface area contributed by atoms with Crippen molar-refractivity contribution in [3.63, 3.8) is 0 Å². The summed E-state index contributed by atoms with van der Waals surface area (Å²) in [5.41, 5.74) is -1.07. The minimum atomic E-state index is -0.540. The Kier molecular flexibility index (Phi) is 48.9. The Morgan fingerprint density at radius 2 is 0.343 bits per heavy atom. The zero-order valence-corrected chi connectivity index (χ0v) is 47.6. The van der Waals surface area contributed by atoms with Gasteiger partial charge in [0.2, 0.25) is 0 Å². The highest BCUT2D eigenvalue weighted by molar-refractivity contribution is 4.83. The molecule has 1 unspecified atom stereocenters. The number of rotatable bonds is 57. The maximum Gasteiger partial charge on any atom is 0.0701 e. The van der Waals surface area contributed by atoms with E-state index in [4.69, 9.17) is 66.3 Å². The van der Waals surface area contributed by atoms with E-state index in [1.165, 1.54) is 0 Å². The van der Waals surface area contributed by atoms with Crippen molar-refractivity contribution >= 4 is 0 Å². The summed E-state index contributed by atoms with van der Waals surface area (Å²) in [6, 6.07) is 0. The SMILES string of the molecule is CC(C)CCOCCOCCOCC(CCOCCOCCC(C)C)(COCCOCCC(C)C)COCC(CCOCCOCCC(C)C)(COCCOCCC(C)C)COCCOCCC(C)C. The third-order valence-electron chi connectivity index (χ3n) is 11.6. The molecule has 0 saturated heterocycles. The lowest BCUT2D eigenvalue weighted by Gasteiger charge is -2.37. The molecule has 0 amide bonds. The van der Waals surface area contributed by atoms with Crippen LogP contribution in [0.25, 0.3) is 0 Å². The summed E-state index contributed by atoms with van der Waals surface area (Å²) in [5.74, 6) is 3.57. The summed E-state index contributed by atoms with van der Waals surface area (Å²) in [5, 5.41) is 0. The maximum absolute atomic E-state index is 6.92. The standard InChI is InChI=1S/C56H114O14/c1-49(2)13-21-57-29-32-63-27-19-55(43-66-39-35-60-24-16-52(7)8,44-67-40-36-61-25-17-53(9)10)47-70-48-56(45-68-41-37-62-26-18-54(11)12,20-28-64-33-30-58-22-14-50(3)4)46-69-42-38-65-34-31-59-23-15-51(5)6/h49-54H,13-48H2,1-12H3. The lowest BCUT2D eigenvalue weighted by Crippen LogP contribution is -2.43. The molecule has 0 aromatic carbocycles. The van der Waals surface area contributed by atoms with E-state index < -0.39 is 10.8 Å². The zero-order valence-electron chi connectivity index (χ0n) is 47.6. The maximum atomic E-state index is 6.92. The van der Waals surface area contributed by atoms with Gasteiger partial charge in [-0.05, 0) is 86.9 Å². The molecule has 1 atom stereocenters. The van der Waals surface area contributed by atoms with Gasteiger partial charge in [0, 0.05) is 63.7 Å². The molecule has 0 N–H and O–H groups in total. The second-order valence-electron chi connectivity index (χ2n) is 21.8. The molecule has 14 heteroatoms. The summed E-state index contributed by atoms with van der Waals surface area (Å²) in [4.78, 5) is 0. The molecule has 422 valence electrons. The summed E-state index contributed by atoms with van der Waals surface area (Å²) in [6.07, 6.45) is 7.45. The van der Waals surface area contributed by atoms with Gasteiger partial charge in [-0.2, -0.15) is 0 Å². The quantitative estimate of drug-likeness (QED) is 0.0536. The van der Waals surface area contributed by atoms with Crippen molar-refractivity contribution in [3.8, 4) is 0 Å². The van der Waals surface area contributed by atoms with E-state index in [1.54, 1.807) is 0 Å². The highest BCUT2D eigenvalue weighted by Crippen LogP contribution is 2.29. The molecule has 0 radical (unpaired) electrons. The first-order valence-corrected chi connectivity index (χ1v) is 27.8. The van der Waals surface area contributed by atoms with Gasteiger partial charge in [-0.25, -0.2) is 0 Å². The second kappa shape index (κ2) is 49.3. The molecule has 0 aliphatic heterocycles. The van der Waals surface area contributed by atoms with Crippen molar-refractivity contribution in [2.24, 2.45) is 46.3 Å². The smallest absolute Gasteiger partial charge is 0.0701 e. The van der Waals surface area contributed by atoms with Gasteiger partial charge in [-0.15, -0.1) is 0 Å². The molecule has 0 rings (SSSR count). The third kappa shape index (κ3) is 48.4. The van der Waals surface area contributed by atoms with Crippen LogP contribution in [0.5, 0.6) is 0 Å². The van der Waals surface area contributed by atoms with Gasteiger partial charge in [0.05, 0.1) is 132 Å². The molecule has 14 nitrogen and oxygen atoms in total. The van der Waals surface area contributed by atoms with Crippen LogP contribution in [0.1, 0.15) is 134 Å². The van der Waals surface area contributed by atoms with Gasteiger partial charge in [0.15, 0.2) is 0 Å². The van der Waals surface area contributed by atoms with E-state index in [9.17, 15) is 0 Å². The molecule has 0 fully saturated rings. The Morgan fingerprint density at radius 3 is 0.543 bits per heavy atom. The minimum absolute atomic E-state index is 0.364. The van der Waals surface area contributed by atoms with Gasteiger partial charge in [0.25, 0.3) is 0 Å². The Bertz CT molecular complexity index is 1030. The van der Waals surface area contributed by atoms with E-state index in [-0.39, 0.29) is 0 Å². The van der Waals surface area contributed by atoms with Crippen LogP contribution in [-0.4, -0.2) is 185 Å². The monoisotopic (exact) mass is 1010 g/mol. The Labute approximate surface area is 430 Å². The Hall–Kier alpha value is -0.560. The van der Waals surface area contributed by atoms with Crippen LogP contribution < -0.4 is 0 Å². The Balaban J connectivity index is 6.33. The molecule has 0 aliphatic rings. The minimum Gasteiger partial charge on any atom is -0.380 e. The van der Waals surface area contributed by atoms with Gasteiger partial charge < -0.3 is 66.3 Å². The molecule has 0 aromatic rings. The molecule has 0 aromatic heterocycles. The largest absolute Gasteiger partial charge is 0.380 e. The van der Waals surface area contributed by atoms with Crippen LogP contribution in [0.2, 0.25) is 0 Å². The number of hydrogen-bond donors (Lipinski definition) is 0. The summed E-state index contributed by atoms with van der Waals surface area (Å²) in [7, 11) is 0. The van der Waals surface area contributed by atoms with Crippen LogP contribution in [-0.2, 0) is 66.3 Å². The molecule has 0 saturated carbocycles. The molecule has 0 aliphatic carbocycles. The van der Waals surface area contributed by atoms with Gasteiger partial charge >= 0.3 is 0 Å². The van der Waals surface area contributed by atoms with E-state index in [0.717, 1.165) is 58.3 Å². The predicted octanol–water partition coefficient (Wildman–Crippen LogP) is 10.2. The number of hydrogen-bond acceptors (Lipinski definition) is 14. The summed E-state index contributed by atoms with van der Waals surface area (Å²) in [6.45, 7) is 41.3. The molecule has 0 spiro atoms. The highest BCUT2D eigenvalue weighted by Gasteiger charge is 2.36. The van der Waals surface area contributed by atoms with Gasteiger partial charge in [0.1, 0.15) is 0 Å². The molecule has 0 bridgehead atoms. The van der Waals surface area contributed by atoms with Crippen LogP contribution >= 0.6 is 0 Å². The van der Waals surface area contributed by atoms with Crippen LogP contribution in [0.15, 0.2) is 0 Å². The van der Waals surface area contributed by atoms with E-state index in [1.807, 2.05) is 0 Å². The van der Waals surface area contributed by atoms with Crippen LogP contribution in [0, 0.1) is 46.3 Å². The fraction of sp³-hybridized carbons (Fsp3) is 1.00. The van der Waals surface area contributed by atoms with E-state index in [2.05, 4.69) is 83.1 Å². The van der Waals surface area contributed by atoms with Crippen molar-refractivity contribution in [2.75, 3.05) is 185 Å². The van der Waals surface area contributed by atoms with Crippen LogP contribution in [0.4, 0.5) is 0 Å². The average Bonchev–Trinajstić information content (AvgIpc) is 3.29. The zero-order chi connectivity index (χ0) is 51.8. The lowest BCUT2D eigenvalue weighted by molar-refractivity contribution is -0.129. The first-order chi connectivity index (χ1) is 33.7. The highest BCUT2D eigenvalue weighted by atomic mass is 16.6. The first-order valence-electron chi connectivity index (χ1n) is 27.8. The van der Waals surface area contributed by atoms with Crippen molar-refractivity contribution in [3.05, 3.63) is 0 Å². The average molecular weight is 1010 g/mol. The fourth-order valence-electron chi connectivity index (χ4n) is 6.56. The normalized spacial score (nSPS) is 13.5. The van der Waals surface area contributed by atoms with Gasteiger partial charge in [-0.3, -0.25) is 0 Å². The molecule has 0 heterocycles. The third-order valence-corrected chi connectivity index (χ3v) is 11.6. The second-order valence-corrected chi connectivity index (χ2v) is 21.8. The van der Waals surface area contributed by atoms with E-state index in [0.29, 0.717) is 214 Å². The van der Waals surface area contributed by atoms with Crippen molar-refractivity contribution in [2.45, 2.75) is 134 Å². The fourth-order valence-corrected chi connectivity index (χ4v) is 6.56. The molecular formula is C56H114O14. The lowest BCUT2D eigenvalue weighted by atomic mass is 9.85.